The quantitative estimate of drug-likeness (QED) is 0.876. The van der Waals surface area contributed by atoms with Crippen molar-refractivity contribution in [2.24, 2.45) is 5.73 Å². The summed E-state index contributed by atoms with van der Waals surface area (Å²) in [5.74, 6) is 0.625. The molecule has 1 aromatic rings. The van der Waals surface area contributed by atoms with Crippen molar-refractivity contribution in [2.45, 2.75) is 44.1 Å². The van der Waals surface area contributed by atoms with Gasteiger partial charge in [0.2, 0.25) is 0 Å². The molecule has 0 saturated heterocycles. The summed E-state index contributed by atoms with van der Waals surface area (Å²) >= 11 is 0. The molecule has 0 bridgehead atoms. The largest absolute Gasteiger partial charge is 0.496 e. The molecule has 1 unspecified atom stereocenters. The minimum absolute atomic E-state index is 0.121. The predicted molar refractivity (Wildman–Crippen MR) is 66.8 cm³/mol. The molecule has 2 nitrogen and oxygen atoms in total. The number of nitrogens with two attached hydrogens (primary N) is 1. The zero-order chi connectivity index (χ0) is 12.5. The molecule has 1 saturated carbocycles. The van der Waals surface area contributed by atoms with Gasteiger partial charge < -0.3 is 10.5 Å². The van der Waals surface area contributed by atoms with Crippen LogP contribution in [0, 0.1) is 5.82 Å². The maximum Gasteiger partial charge on any atom is 0.123 e. The summed E-state index contributed by atoms with van der Waals surface area (Å²) in [4.78, 5) is 0. The molecule has 0 spiro atoms. The highest BCUT2D eigenvalue weighted by Gasteiger charge is 2.37. The second-order valence-corrected chi connectivity index (χ2v) is 5.05. The van der Waals surface area contributed by atoms with E-state index in [4.69, 9.17) is 10.5 Å². The number of ether oxygens (including phenoxy) is 1. The summed E-state index contributed by atoms with van der Waals surface area (Å²) in [5.41, 5.74) is 7.11. The summed E-state index contributed by atoms with van der Waals surface area (Å²) in [6.07, 6.45) is 4.35. The molecule has 0 amide bonds. The highest BCUT2D eigenvalue weighted by atomic mass is 19.1. The Labute approximate surface area is 102 Å². The van der Waals surface area contributed by atoms with Crippen LogP contribution in [0.15, 0.2) is 18.2 Å². The number of rotatable bonds is 3. The van der Waals surface area contributed by atoms with E-state index >= 15 is 0 Å². The fraction of sp³-hybridized carbons (Fsp3) is 0.571. The van der Waals surface area contributed by atoms with Crippen molar-refractivity contribution in [1.82, 2.24) is 0 Å². The first-order valence-electron chi connectivity index (χ1n) is 6.19. The van der Waals surface area contributed by atoms with Crippen LogP contribution in [0.1, 0.15) is 44.1 Å². The molecule has 0 heterocycles. The SMILES string of the molecule is COc1ccc(F)cc1C(C)C1(N)CCCC1. The normalized spacial score (nSPS) is 20.2. The lowest BCUT2D eigenvalue weighted by atomic mass is 9.79. The first-order chi connectivity index (χ1) is 8.07. The van der Waals surface area contributed by atoms with Gasteiger partial charge in [-0.2, -0.15) is 0 Å². The standard InChI is InChI=1S/C14H20FNO/c1-10(14(16)7-3-4-8-14)12-9-11(15)5-6-13(12)17-2/h5-6,9-10H,3-4,7-8,16H2,1-2H3. The minimum Gasteiger partial charge on any atom is -0.496 e. The van der Waals surface area contributed by atoms with E-state index in [0.717, 1.165) is 24.2 Å². The lowest BCUT2D eigenvalue weighted by Gasteiger charge is -2.32. The van der Waals surface area contributed by atoms with Gasteiger partial charge in [-0.25, -0.2) is 4.39 Å². The summed E-state index contributed by atoms with van der Waals surface area (Å²) < 4.78 is 18.7. The maximum absolute atomic E-state index is 13.4. The van der Waals surface area contributed by atoms with Gasteiger partial charge in [-0.05, 0) is 31.0 Å². The Bertz CT molecular complexity index is 399. The number of halogens is 1. The van der Waals surface area contributed by atoms with E-state index in [0.29, 0.717) is 0 Å². The van der Waals surface area contributed by atoms with Crippen molar-refractivity contribution < 1.29 is 9.13 Å². The first-order valence-corrected chi connectivity index (χ1v) is 6.19. The van der Waals surface area contributed by atoms with Crippen LogP contribution in [0.25, 0.3) is 0 Å². The zero-order valence-electron chi connectivity index (χ0n) is 10.5. The van der Waals surface area contributed by atoms with E-state index in [-0.39, 0.29) is 17.3 Å². The fourth-order valence-electron chi connectivity index (χ4n) is 2.82. The monoisotopic (exact) mass is 237 g/mol. The lowest BCUT2D eigenvalue weighted by molar-refractivity contribution is 0.349. The molecule has 2 N–H and O–H groups in total. The summed E-state index contributed by atoms with van der Waals surface area (Å²) in [7, 11) is 1.61. The van der Waals surface area contributed by atoms with Crippen LogP contribution in [0.3, 0.4) is 0 Å². The smallest absolute Gasteiger partial charge is 0.123 e. The molecular formula is C14H20FNO. The van der Waals surface area contributed by atoms with Crippen molar-refractivity contribution >= 4 is 0 Å². The Morgan fingerprint density at radius 1 is 1.35 bits per heavy atom. The molecule has 0 aliphatic heterocycles. The maximum atomic E-state index is 13.4. The van der Waals surface area contributed by atoms with Crippen LogP contribution < -0.4 is 10.5 Å². The van der Waals surface area contributed by atoms with Crippen molar-refractivity contribution in [3.8, 4) is 5.75 Å². The number of hydrogen-bond donors (Lipinski definition) is 1. The van der Waals surface area contributed by atoms with E-state index in [1.165, 1.54) is 18.9 Å². The third-order valence-electron chi connectivity index (χ3n) is 4.06. The highest BCUT2D eigenvalue weighted by molar-refractivity contribution is 5.38. The Kier molecular flexibility index (Phi) is 3.38. The molecule has 1 atom stereocenters. The average Bonchev–Trinajstić information content (AvgIpc) is 2.76. The van der Waals surface area contributed by atoms with Crippen LogP contribution in [0.4, 0.5) is 4.39 Å². The molecule has 94 valence electrons. The van der Waals surface area contributed by atoms with Gasteiger partial charge in [-0.3, -0.25) is 0 Å². The van der Waals surface area contributed by atoms with Crippen LogP contribution in [0.5, 0.6) is 5.75 Å². The van der Waals surface area contributed by atoms with E-state index in [9.17, 15) is 4.39 Å². The van der Waals surface area contributed by atoms with Gasteiger partial charge >= 0.3 is 0 Å². The molecule has 1 fully saturated rings. The molecule has 1 aliphatic rings. The van der Waals surface area contributed by atoms with Crippen LogP contribution in [-0.2, 0) is 0 Å². The van der Waals surface area contributed by atoms with Crippen LogP contribution in [-0.4, -0.2) is 12.6 Å². The zero-order valence-corrected chi connectivity index (χ0v) is 10.5. The molecular weight excluding hydrogens is 217 g/mol. The number of hydrogen-bond acceptors (Lipinski definition) is 2. The topological polar surface area (TPSA) is 35.2 Å². The van der Waals surface area contributed by atoms with Crippen molar-refractivity contribution in [1.29, 1.82) is 0 Å². The molecule has 17 heavy (non-hydrogen) atoms. The van der Waals surface area contributed by atoms with E-state index in [2.05, 4.69) is 6.92 Å². The molecule has 0 aromatic heterocycles. The number of benzene rings is 1. The first kappa shape index (κ1) is 12.4. The highest BCUT2D eigenvalue weighted by Crippen LogP contribution is 2.41. The Hall–Kier alpha value is -1.09. The Morgan fingerprint density at radius 2 is 2.00 bits per heavy atom. The second kappa shape index (κ2) is 4.65. The fourth-order valence-corrected chi connectivity index (χ4v) is 2.82. The molecule has 1 aliphatic carbocycles. The van der Waals surface area contributed by atoms with Crippen molar-refractivity contribution in [3.63, 3.8) is 0 Å². The van der Waals surface area contributed by atoms with Gasteiger partial charge in [0, 0.05) is 17.0 Å². The third-order valence-corrected chi connectivity index (χ3v) is 4.06. The Morgan fingerprint density at radius 3 is 2.59 bits per heavy atom. The van der Waals surface area contributed by atoms with Gasteiger partial charge in [0.1, 0.15) is 11.6 Å². The molecule has 3 heteroatoms. The minimum atomic E-state index is -0.228. The lowest BCUT2D eigenvalue weighted by Crippen LogP contribution is -2.41. The van der Waals surface area contributed by atoms with Gasteiger partial charge in [-0.1, -0.05) is 19.8 Å². The molecule has 2 rings (SSSR count). The van der Waals surface area contributed by atoms with Crippen molar-refractivity contribution in [2.75, 3.05) is 7.11 Å². The average molecular weight is 237 g/mol. The summed E-state index contributed by atoms with van der Waals surface area (Å²) in [6.45, 7) is 2.07. The van der Waals surface area contributed by atoms with Gasteiger partial charge in [0.25, 0.3) is 0 Å². The van der Waals surface area contributed by atoms with E-state index in [1.807, 2.05) is 0 Å². The van der Waals surface area contributed by atoms with Gasteiger partial charge in [-0.15, -0.1) is 0 Å². The summed E-state index contributed by atoms with van der Waals surface area (Å²) in [5, 5.41) is 0. The number of methoxy groups -OCH3 is 1. The van der Waals surface area contributed by atoms with Crippen LogP contribution >= 0.6 is 0 Å². The second-order valence-electron chi connectivity index (χ2n) is 5.05. The third kappa shape index (κ3) is 2.29. The molecule has 1 aromatic carbocycles. The molecule has 0 radical (unpaired) electrons. The predicted octanol–water partition coefficient (Wildman–Crippen LogP) is 3.21. The van der Waals surface area contributed by atoms with Crippen LogP contribution in [0.2, 0.25) is 0 Å². The van der Waals surface area contributed by atoms with Gasteiger partial charge in [0.05, 0.1) is 7.11 Å². The van der Waals surface area contributed by atoms with E-state index in [1.54, 1.807) is 19.2 Å². The van der Waals surface area contributed by atoms with Gasteiger partial charge in [0.15, 0.2) is 0 Å². The Balaban J connectivity index is 2.35. The van der Waals surface area contributed by atoms with Crippen molar-refractivity contribution in [3.05, 3.63) is 29.6 Å². The van der Waals surface area contributed by atoms with E-state index < -0.39 is 0 Å². The summed E-state index contributed by atoms with van der Waals surface area (Å²) in [6, 6.07) is 4.66.